The molecule has 29 heavy (non-hydrogen) atoms. The Labute approximate surface area is 168 Å². The van der Waals surface area contributed by atoms with E-state index >= 15 is 0 Å². The van der Waals surface area contributed by atoms with Crippen LogP contribution in [0.1, 0.15) is 16.8 Å². The van der Waals surface area contributed by atoms with Crippen molar-refractivity contribution in [2.24, 2.45) is 0 Å². The fourth-order valence-electron chi connectivity index (χ4n) is 3.36. The summed E-state index contributed by atoms with van der Waals surface area (Å²) in [6.07, 6.45) is 5.46. The SMILES string of the molecule is COCCOc1ccc(CN2CCc3c(nc(-c4cnccn4)[nH]c3=O)C2)cc1. The highest BCUT2D eigenvalue weighted by Crippen LogP contribution is 2.20. The van der Waals surface area contributed by atoms with Gasteiger partial charge in [0.25, 0.3) is 5.56 Å². The largest absolute Gasteiger partial charge is 0.491 e. The monoisotopic (exact) mass is 393 g/mol. The summed E-state index contributed by atoms with van der Waals surface area (Å²) < 4.78 is 10.6. The van der Waals surface area contributed by atoms with Gasteiger partial charge in [-0.05, 0) is 24.1 Å². The lowest BCUT2D eigenvalue weighted by Gasteiger charge is -2.27. The van der Waals surface area contributed by atoms with Crippen molar-refractivity contribution in [3.63, 3.8) is 0 Å². The highest BCUT2D eigenvalue weighted by Gasteiger charge is 2.21. The molecule has 0 bridgehead atoms. The van der Waals surface area contributed by atoms with E-state index in [0.717, 1.165) is 30.1 Å². The predicted octanol–water partition coefficient (Wildman–Crippen LogP) is 1.81. The van der Waals surface area contributed by atoms with Crippen molar-refractivity contribution in [3.8, 4) is 17.3 Å². The number of hydrogen-bond acceptors (Lipinski definition) is 7. The minimum Gasteiger partial charge on any atom is -0.491 e. The molecular formula is C21H23N5O3. The molecule has 4 rings (SSSR count). The van der Waals surface area contributed by atoms with Crippen LogP contribution in [0.5, 0.6) is 5.75 Å². The maximum absolute atomic E-state index is 12.5. The van der Waals surface area contributed by atoms with Crippen molar-refractivity contribution >= 4 is 0 Å². The number of nitrogens with one attached hydrogen (secondary N) is 1. The summed E-state index contributed by atoms with van der Waals surface area (Å²) in [5.41, 5.74) is 3.23. The number of aromatic nitrogens is 4. The molecule has 0 saturated carbocycles. The smallest absolute Gasteiger partial charge is 0.254 e. The fourth-order valence-corrected chi connectivity index (χ4v) is 3.36. The van der Waals surface area contributed by atoms with Gasteiger partial charge in [-0.25, -0.2) is 9.97 Å². The normalized spacial score (nSPS) is 13.8. The molecule has 0 fully saturated rings. The fraction of sp³-hybridized carbons (Fsp3) is 0.333. The molecule has 0 unspecified atom stereocenters. The zero-order valence-corrected chi connectivity index (χ0v) is 16.3. The van der Waals surface area contributed by atoms with Crippen molar-refractivity contribution in [2.75, 3.05) is 26.9 Å². The second-order valence-corrected chi connectivity index (χ2v) is 6.88. The Hall–Kier alpha value is -3.10. The van der Waals surface area contributed by atoms with E-state index in [4.69, 9.17) is 9.47 Å². The minimum atomic E-state index is -0.0899. The lowest BCUT2D eigenvalue weighted by molar-refractivity contribution is 0.146. The van der Waals surface area contributed by atoms with E-state index in [0.29, 0.717) is 37.7 Å². The molecule has 1 aliphatic heterocycles. The first-order valence-corrected chi connectivity index (χ1v) is 9.54. The predicted molar refractivity (Wildman–Crippen MR) is 108 cm³/mol. The van der Waals surface area contributed by atoms with E-state index in [1.165, 1.54) is 5.56 Å². The standard InChI is InChI=1S/C21H23N5O3/c1-28-10-11-29-16-4-2-15(3-5-16)13-26-9-6-17-19(14-26)24-20(25-21(17)27)18-12-22-7-8-23-18/h2-5,7-8,12H,6,9-11,13-14H2,1H3,(H,24,25,27). The first kappa shape index (κ1) is 19.2. The van der Waals surface area contributed by atoms with E-state index in [2.05, 4.69) is 37.0 Å². The third-order valence-corrected chi connectivity index (χ3v) is 4.84. The lowest BCUT2D eigenvalue weighted by atomic mass is 10.1. The van der Waals surface area contributed by atoms with E-state index in [1.54, 1.807) is 25.7 Å². The topological polar surface area (TPSA) is 93.2 Å². The number of hydrogen-bond donors (Lipinski definition) is 1. The van der Waals surface area contributed by atoms with E-state index in [9.17, 15) is 4.79 Å². The second kappa shape index (κ2) is 8.93. The molecular weight excluding hydrogens is 370 g/mol. The molecule has 1 aliphatic rings. The Balaban J connectivity index is 1.45. The van der Waals surface area contributed by atoms with Gasteiger partial charge in [-0.15, -0.1) is 0 Å². The molecule has 150 valence electrons. The number of fused-ring (bicyclic) bond motifs is 1. The van der Waals surface area contributed by atoms with Gasteiger partial charge in [0.15, 0.2) is 5.82 Å². The Morgan fingerprint density at radius 1 is 1.17 bits per heavy atom. The van der Waals surface area contributed by atoms with Gasteiger partial charge in [0, 0.05) is 44.7 Å². The maximum atomic E-state index is 12.5. The molecule has 1 aromatic carbocycles. The van der Waals surface area contributed by atoms with Gasteiger partial charge in [-0.1, -0.05) is 12.1 Å². The average molecular weight is 393 g/mol. The lowest BCUT2D eigenvalue weighted by Crippen LogP contribution is -2.35. The number of benzene rings is 1. The number of ether oxygens (including phenoxy) is 2. The number of nitrogens with zero attached hydrogens (tertiary/aromatic N) is 4. The first-order chi connectivity index (χ1) is 14.2. The second-order valence-electron chi connectivity index (χ2n) is 6.88. The summed E-state index contributed by atoms with van der Waals surface area (Å²) in [5, 5.41) is 0. The Kier molecular flexibility index (Phi) is 5.92. The molecule has 0 amide bonds. The summed E-state index contributed by atoms with van der Waals surface area (Å²) in [4.78, 5) is 30.5. The van der Waals surface area contributed by atoms with Crippen molar-refractivity contribution in [2.45, 2.75) is 19.5 Å². The molecule has 8 nitrogen and oxygen atoms in total. The Morgan fingerprint density at radius 2 is 2.03 bits per heavy atom. The molecule has 3 heterocycles. The molecule has 3 aromatic rings. The van der Waals surface area contributed by atoms with Crippen LogP contribution in [0.2, 0.25) is 0 Å². The van der Waals surface area contributed by atoms with Crippen LogP contribution in [-0.4, -0.2) is 51.7 Å². The van der Waals surface area contributed by atoms with Crippen molar-refractivity contribution in [1.82, 2.24) is 24.8 Å². The van der Waals surface area contributed by atoms with Crippen LogP contribution in [0.15, 0.2) is 47.7 Å². The summed E-state index contributed by atoms with van der Waals surface area (Å²) in [5.74, 6) is 1.29. The van der Waals surface area contributed by atoms with Crippen molar-refractivity contribution in [1.29, 1.82) is 0 Å². The van der Waals surface area contributed by atoms with Crippen LogP contribution in [0.25, 0.3) is 11.5 Å². The zero-order valence-electron chi connectivity index (χ0n) is 16.3. The summed E-state index contributed by atoms with van der Waals surface area (Å²) in [7, 11) is 1.65. The Morgan fingerprint density at radius 3 is 2.79 bits per heavy atom. The van der Waals surface area contributed by atoms with Crippen LogP contribution < -0.4 is 10.3 Å². The number of aromatic amines is 1. The third-order valence-electron chi connectivity index (χ3n) is 4.84. The molecule has 0 radical (unpaired) electrons. The van der Waals surface area contributed by atoms with Crippen LogP contribution in [0.4, 0.5) is 0 Å². The average Bonchev–Trinajstić information content (AvgIpc) is 2.75. The van der Waals surface area contributed by atoms with Gasteiger partial charge in [0.2, 0.25) is 0 Å². The van der Waals surface area contributed by atoms with E-state index in [-0.39, 0.29) is 5.56 Å². The van der Waals surface area contributed by atoms with Gasteiger partial charge in [0.05, 0.1) is 18.5 Å². The van der Waals surface area contributed by atoms with Crippen LogP contribution >= 0.6 is 0 Å². The highest BCUT2D eigenvalue weighted by molar-refractivity contribution is 5.47. The third kappa shape index (κ3) is 4.67. The molecule has 0 atom stereocenters. The highest BCUT2D eigenvalue weighted by atomic mass is 16.5. The molecule has 1 N–H and O–H groups in total. The molecule has 0 aliphatic carbocycles. The quantitative estimate of drug-likeness (QED) is 0.612. The summed E-state index contributed by atoms with van der Waals surface area (Å²) >= 11 is 0. The van der Waals surface area contributed by atoms with E-state index in [1.807, 2.05) is 12.1 Å². The molecule has 0 spiro atoms. The summed E-state index contributed by atoms with van der Waals surface area (Å²) in [6, 6.07) is 8.07. The van der Waals surface area contributed by atoms with Crippen LogP contribution in [0, 0.1) is 0 Å². The van der Waals surface area contributed by atoms with Crippen LogP contribution in [0.3, 0.4) is 0 Å². The van der Waals surface area contributed by atoms with Gasteiger partial charge >= 0.3 is 0 Å². The number of methoxy groups -OCH3 is 1. The van der Waals surface area contributed by atoms with E-state index < -0.39 is 0 Å². The van der Waals surface area contributed by atoms with Gasteiger partial charge in [-0.2, -0.15) is 0 Å². The van der Waals surface area contributed by atoms with Crippen LogP contribution in [-0.2, 0) is 24.2 Å². The van der Waals surface area contributed by atoms with Gasteiger partial charge < -0.3 is 14.5 Å². The molecule has 2 aromatic heterocycles. The number of rotatable bonds is 7. The number of H-pyrrole nitrogens is 1. The van der Waals surface area contributed by atoms with Crippen molar-refractivity contribution in [3.05, 3.63) is 70.0 Å². The minimum absolute atomic E-state index is 0.0899. The van der Waals surface area contributed by atoms with Crippen molar-refractivity contribution < 1.29 is 9.47 Å². The first-order valence-electron chi connectivity index (χ1n) is 9.54. The maximum Gasteiger partial charge on any atom is 0.254 e. The molecule has 8 heteroatoms. The summed E-state index contributed by atoms with van der Waals surface area (Å²) in [6.45, 7) is 3.32. The molecule has 0 saturated heterocycles. The van der Waals surface area contributed by atoms with Gasteiger partial charge in [-0.3, -0.25) is 14.7 Å². The van der Waals surface area contributed by atoms with Gasteiger partial charge in [0.1, 0.15) is 18.1 Å². The Bertz CT molecular complexity index is 1010. The zero-order chi connectivity index (χ0) is 20.1.